The van der Waals surface area contributed by atoms with Crippen molar-refractivity contribution in [3.8, 4) is 0 Å². The maximum Gasteiger partial charge on any atom is 0.309 e. The van der Waals surface area contributed by atoms with E-state index in [4.69, 9.17) is 0 Å². The van der Waals surface area contributed by atoms with Crippen LogP contribution in [0.15, 0.2) is 0 Å². The van der Waals surface area contributed by atoms with E-state index in [1.807, 2.05) is 27.7 Å². The van der Waals surface area contributed by atoms with Crippen LogP contribution in [0.2, 0.25) is 0 Å². The fourth-order valence-electron chi connectivity index (χ4n) is 2.95. The number of carboxylic acid groups (broad SMARTS) is 2. The molecule has 0 aliphatic heterocycles. The predicted octanol–water partition coefficient (Wildman–Crippen LogP) is 4.33. The molecule has 0 fully saturated rings. The highest BCUT2D eigenvalue weighted by Gasteiger charge is 2.36. The van der Waals surface area contributed by atoms with Crippen LogP contribution in [0.3, 0.4) is 0 Å². The van der Waals surface area contributed by atoms with Gasteiger partial charge in [-0.3, -0.25) is 9.59 Å². The minimum absolute atomic E-state index is 0.629. The molecule has 0 aromatic carbocycles. The van der Waals surface area contributed by atoms with Crippen molar-refractivity contribution in [1.82, 2.24) is 0 Å². The van der Waals surface area contributed by atoms with Gasteiger partial charge < -0.3 is 10.2 Å². The van der Waals surface area contributed by atoms with Gasteiger partial charge in [-0.1, -0.05) is 40.5 Å². The smallest absolute Gasteiger partial charge is 0.309 e. The van der Waals surface area contributed by atoms with Crippen molar-refractivity contribution in [2.75, 3.05) is 0 Å². The number of rotatable bonds is 11. The molecule has 4 heteroatoms. The molecule has 0 unspecified atom stereocenters. The average molecular weight is 286 g/mol. The van der Waals surface area contributed by atoms with Crippen LogP contribution in [0.1, 0.15) is 79.1 Å². The SMILES string of the molecule is CCC(CC)(CCCCC(CC)(CC)C(=O)O)C(=O)O. The summed E-state index contributed by atoms with van der Waals surface area (Å²) in [6.07, 6.45) is 5.35. The first-order chi connectivity index (χ1) is 9.34. The van der Waals surface area contributed by atoms with Crippen LogP contribution in [0.25, 0.3) is 0 Å². The van der Waals surface area contributed by atoms with Gasteiger partial charge in [0, 0.05) is 0 Å². The largest absolute Gasteiger partial charge is 0.481 e. The molecular weight excluding hydrogens is 256 g/mol. The monoisotopic (exact) mass is 286 g/mol. The van der Waals surface area contributed by atoms with E-state index in [-0.39, 0.29) is 0 Å². The Hall–Kier alpha value is -1.06. The van der Waals surface area contributed by atoms with Crippen LogP contribution in [0, 0.1) is 10.8 Å². The van der Waals surface area contributed by atoms with Gasteiger partial charge in [0.2, 0.25) is 0 Å². The summed E-state index contributed by atoms with van der Waals surface area (Å²) >= 11 is 0. The maximum absolute atomic E-state index is 11.4. The number of aliphatic carboxylic acids is 2. The zero-order valence-corrected chi connectivity index (χ0v) is 13.4. The number of hydrogen-bond donors (Lipinski definition) is 2. The second kappa shape index (κ2) is 8.28. The molecule has 20 heavy (non-hydrogen) atoms. The molecule has 0 atom stereocenters. The minimum atomic E-state index is -0.724. The van der Waals surface area contributed by atoms with Crippen LogP contribution in [-0.4, -0.2) is 22.2 Å². The second-order valence-corrected chi connectivity index (χ2v) is 5.79. The predicted molar refractivity (Wildman–Crippen MR) is 79.8 cm³/mol. The molecule has 0 aliphatic rings. The quantitative estimate of drug-likeness (QED) is 0.554. The van der Waals surface area contributed by atoms with Crippen molar-refractivity contribution < 1.29 is 19.8 Å². The van der Waals surface area contributed by atoms with Crippen LogP contribution in [-0.2, 0) is 9.59 Å². The molecule has 2 N–H and O–H groups in total. The number of hydrogen-bond acceptors (Lipinski definition) is 2. The number of carbonyl (C=O) groups is 2. The van der Waals surface area contributed by atoms with Gasteiger partial charge in [-0.05, 0) is 38.5 Å². The van der Waals surface area contributed by atoms with Crippen molar-refractivity contribution >= 4 is 11.9 Å². The lowest BCUT2D eigenvalue weighted by Crippen LogP contribution is -2.31. The summed E-state index contributed by atoms with van der Waals surface area (Å²) in [5, 5.41) is 18.7. The van der Waals surface area contributed by atoms with E-state index in [0.717, 1.165) is 12.8 Å². The summed E-state index contributed by atoms with van der Waals surface area (Å²) < 4.78 is 0. The van der Waals surface area contributed by atoms with Gasteiger partial charge in [0.1, 0.15) is 0 Å². The van der Waals surface area contributed by atoms with E-state index in [1.54, 1.807) is 0 Å². The van der Waals surface area contributed by atoms with Gasteiger partial charge >= 0.3 is 11.9 Å². The van der Waals surface area contributed by atoms with Crippen molar-refractivity contribution in [3.63, 3.8) is 0 Å². The Balaban J connectivity index is 4.50. The first-order valence-electron chi connectivity index (χ1n) is 7.81. The highest BCUT2D eigenvalue weighted by atomic mass is 16.4. The van der Waals surface area contributed by atoms with Crippen LogP contribution < -0.4 is 0 Å². The molecular formula is C16H30O4. The van der Waals surface area contributed by atoms with E-state index in [0.29, 0.717) is 38.5 Å². The summed E-state index contributed by atoms with van der Waals surface area (Å²) in [5.74, 6) is -1.45. The van der Waals surface area contributed by atoms with Gasteiger partial charge in [0.25, 0.3) is 0 Å². The Bertz CT molecular complexity index is 282. The molecule has 0 spiro atoms. The molecule has 4 nitrogen and oxygen atoms in total. The fraction of sp³-hybridized carbons (Fsp3) is 0.875. The molecule has 0 amide bonds. The molecule has 0 saturated carbocycles. The molecule has 0 saturated heterocycles. The van der Waals surface area contributed by atoms with E-state index < -0.39 is 22.8 Å². The van der Waals surface area contributed by atoms with E-state index in [1.165, 1.54) is 0 Å². The summed E-state index contributed by atoms with van der Waals surface area (Å²) in [6.45, 7) is 7.66. The average Bonchev–Trinajstić information content (AvgIpc) is 2.43. The standard InChI is InChI=1S/C16H30O4/c1-5-15(6-2,13(17)18)11-9-10-12-16(7-3,8-4)14(19)20/h5-12H2,1-4H3,(H,17,18)(H,19,20). The molecule has 0 aliphatic carbocycles. The van der Waals surface area contributed by atoms with Crippen LogP contribution >= 0.6 is 0 Å². The normalized spacial score (nSPS) is 12.4. The fourth-order valence-corrected chi connectivity index (χ4v) is 2.95. The van der Waals surface area contributed by atoms with Gasteiger partial charge in [-0.2, -0.15) is 0 Å². The second-order valence-electron chi connectivity index (χ2n) is 5.79. The van der Waals surface area contributed by atoms with Crippen LogP contribution in [0.4, 0.5) is 0 Å². The highest BCUT2D eigenvalue weighted by Crippen LogP contribution is 2.36. The van der Waals surface area contributed by atoms with Crippen molar-refractivity contribution in [1.29, 1.82) is 0 Å². The summed E-state index contributed by atoms with van der Waals surface area (Å²) in [4.78, 5) is 22.8. The van der Waals surface area contributed by atoms with E-state index in [2.05, 4.69) is 0 Å². The molecule has 0 rings (SSSR count). The lowest BCUT2D eigenvalue weighted by Gasteiger charge is -2.29. The first kappa shape index (κ1) is 18.9. The van der Waals surface area contributed by atoms with Gasteiger partial charge in [-0.25, -0.2) is 0 Å². The van der Waals surface area contributed by atoms with E-state index in [9.17, 15) is 19.8 Å². The Morgan fingerprint density at radius 3 is 1.10 bits per heavy atom. The zero-order valence-electron chi connectivity index (χ0n) is 13.4. The lowest BCUT2D eigenvalue weighted by molar-refractivity contribution is -0.151. The van der Waals surface area contributed by atoms with Gasteiger partial charge in [-0.15, -0.1) is 0 Å². The molecule has 0 heterocycles. The molecule has 0 aromatic heterocycles. The number of unbranched alkanes of at least 4 members (excludes halogenated alkanes) is 1. The van der Waals surface area contributed by atoms with Crippen LogP contribution in [0.5, 0.6) is 0 Å². The Labute approximate surface area is 122 Å². The van der Waals surface area contributed by atoms with Crippen molar-refractivity contribution in [2.45, 2.75) is 79.1 Å². The van der Waals surface area contributed by atoms with Crippen molar-refractivity contribution in [2.24, 2.45) is 10.8 Å². The van der Waals surface area contributed by atoms with Gasteiger partial charge in [0.05, 0.1) is 10.8 Å². The highest BCUT2D eigenvalue weighted by molar-refractivity contribution is 5.75. The molecule has 0 bridgehead atoms. The van der Waals surface area contributed by atoms with Gasteiger partial charge in [0.15, 0.2) is 0 Å². The van der Waals surface area contributed by atoms with Crippen molar-refractivity contribution in [3.05, 3.63) is 0 Å². The summed E-state index contributed by atoms with van der Waals surface area (Å²) in [5.41, 5.74) is -1.27. The summed E-state index contributed by atoms with van der Waals surface area (Å²) in [6, 6.07) is 0. The minimum Gasteiger partial charge on any atom is -0.481 e. The first-order valence-corrected chi connectivity index (χ1v) is 7.81. The zero-order chi connectivity index (χ0) is 15.8. The number of carboxylic acids is 2. The molecule has 0 radical (unpaired) electrons. The lowest BCUT2D eigenvalue weighted by atomic mass is 9.75. The Morgan fingerprint density at radius 1 is 0.700 bits per heavy atom. The third-order valence-corrected chi connectivity index (χ3v) is 5.18. The molecule has 0 aromatic rings. The topological polar surface area (TPSA) is 74.6 Å². The summed E-state index contributed by atoms with van der Waals surface area (Å²) in [7, 11) is 0. The maximum atomic E-state index is 11.4. The Morgan fingerprint density at radius 2 is 0.950 bits per heavy atom. The third kappa shape index (κ3) is 4.22. The van der Waals surface area contributed by atoms with E-state index >= 15 is 0 Å². The third-order valence-electron chi connectivity index (χ3n) is 5.18. The molecule has 118 valence electrons. The Kier molecular flexibility index (Phi) is 7.84.